The molecule has 1 aromatic heterocycles. The number of para-hydroxylation sites is 1. The number of rotatable bonds is 6. The molecule has 0 spiro atoms. The van der Waals surface area contributed by atoms with Crippen molar-refractivity contribution >= 4 is 21.8 Å². The van der Waals surface area contributed by atoms with Crippen LogP contribution in [-0.2, 0) is 26.1 Å². The first-order chi connectivity index (χ1) is 13.7. The van der Waals surface area contributed by atoms with Gasteiger partial charge in [-0.3, -0.25) is 4.79 Å². The van der Waals surface area contributed by atoms with Crippen molar-refractivity contribution in [3.8, 4) is 5.75 Å². The molecule has 144 valence electrons. The molecule has 0 aliphatic carbocycles. The van der Waals surface area contributed by atoms with Crippen LogP contribution in [0.2, 0.25) is 0 Å². The van der Waals surface area contributed by atoms with Gasteiger partial charge in [0.2, 0.25) is 0 Å². The van der Waals surface area contributed by atoms with Gasteiger partial charge in [0.1, 0.15) is 18.2 Å². The first kappa shape index (κ1) is 18.7. The lowest BCUT2D eigenvalue weighted by molar-refractivity contribution is 0.0949. The van der Waals surface area contributed by atoms with Gasteiger partial charge in [0.25, 0.3) is 5.91 Å². The number of hydrogen-bond acceptors (Lipinski definition) is 4. The molecule has 0 bridgehead atoms. The van der Waals surface area contributed by atoms with E-state index in [2.05, 4.69) is 36.0 Å². The smallest absolute Gasteiger partial charge is 0.251 e. The third kappa shape index (κ3) is 4.25. The summed E-state index contributed by atoms with van der Waals surface area (Å²) in [5.41, 5.74) is 1.61. The molecule has 1 aliphatic rings. The number of nitrogens with zero attached hydrogens (tertiary/aromatic N) is 3. The first-order valence-corrected chi connectivity index (χ1v) is 10.2. The number of amides is 1. The topological polar surface area (TPSA) is 69.0 Å². The monoisotopic (exact) mass is 440 g/mol. The van der Waals surface area contributed by atoms with Gasteiger partial charge < -0.3 is 14.6 Å². The summed E-state index contributed by atoms with van der Waals surface area (Å²) in [6.07, 6.45) is 3.25. The van der Waals surface area contributed by atoms with E-state index in [0.29, 0.717) is 18.7 Å². The molecular formula is C21H21BrN4O2. The van der Waals surface area contributed by atoms with E-state index in [4.69, 9.17) is 4.74 Å². The lowest BCUT2D eigenvalue weighted by Crippen LogP contribution is -2.25. The number of carbonyl (C=O) groups is 1. The second-order valence-corrected chi connectivity index (χ2v) is 7.59. The normalized spacial score (nSPS) is 13.0. The van der Waals surface area contributed by atoms with Crippen molar-refractivity contribution in [1.29, 1.82) is 0 Å². The van der Waals surface area contributed by atoms with Gasteiger partial charge in [-0.25, -0.2) is 0 Å². The number of hydrogen-bond donors (Lipinski definition) is 1. The van der Waals surface area contributed by atoms with Crippen molar-refractivity contribution in [1.82, 2.24) is 20.1 Å². The zero-order chi connectivity index (χ0) is 19.3. The summed E-state index contributed by atoms with van der Waals surface area (Å²) in [6, 6.07) is 15.2. The molecule has 0 saturated heterocycles. The summed E-state index contributed by atoms with van der Waals surface area (Å²) in [5.74, 6) is 2.51. The highest BCUT2D eigenvalue weighted by atomic mass is 79.9. The second kappa shape index (κ2) is 8.56. The fourth-order valence-electron chi connectivity index (χ4n) is 3.24. The minimum atomic E-state index is -0.119. The van der Waals surface area contributed by atoms with E-state index in [-0.39, 0.29) is 5.91 Å². The molecule has 4 rings (SSSR count). The third-order valence-electron chi connectivity index (χ3n) is 4.79. The number of nitrogens with one attached hydrogen (secondary N) is 1. The van der Waals surface area contributed by atoms with E-state index in [9.17, 15) is 4.79 Å². The Balaban J connectivity index is 1.32. The van der Waals surface area contributed by atoms with E-state index in [1.165, 1.54) is 0 Å². The van der Waals surface area contributed by atoms with Gasteiger partial charge in [-0.1, -0.05) is 24.3 Å². The van der Waals surface area contributed by atoms with Crippen molar-refractivity contribution < 1.29 is 9.53 Å². The fraction of sp³-hybridized carbons (Fsp3) is 0.286. The van der Waals surface area contributed by atoms with Crippen LogP contribution in [0.5, 0.6) is 5.75 Å². The Labute approximate surface area is 172 Å². The first-order valence-electron chi connectivity index (χ1n) is 9.36. The predicted octanol–water partition coefficient (Wildman–Crippen LogP) is 3.89. The van der Waals surface area contributed by atoms with Crippen LogP contribution < -0.4 is 10.1 Å². The van der Waals surface area contributed by atoms with Crippen LogP contribution in [0.3, 0.4) is 0 Å². The SMILES string of the molecule is O=C(NCc1nnc2n1CCCC2)c1ccc(COc2ccccc2Br)cc1. The molecular weight excluding hydrogens is 420 g/mol. The summed E-state index contributed by atoms with van der Waals surface area (Å²) in [4.78, 5) is 12.4. The molecule has 7 heteroatoms. The van der Waals surface area contributed by atoms with E-state index in [1.807, 2.05) is 48.5 Å². The number of carbonyl (C=O) groups excluding carboxylic acids is 1. The summed E-state index contributed by atoms with van der Waals surface area (Å²) in [7, 11) is 0. The van der Waals surface area contributed by atoms with E-state index in [0.717, 1.165) is 53.2 Å². The molecule has 0 unspecified atom stereocenters. The van der Waals surface area contributed by atoms with Crippen LogP contribution in [0.25, 0.3) is 0 Å². The largest absolute Gasteiger partial charge is 0.488 e. The van der Waals surface area contributed by atoms with E-state index in [1.54, 1.807) is 0 Å². The average molecular weight is 441 g/mol. The molecule has 1 amide bonds. The molecule has 2 aromatic carbocycles. The van der Waals surface area contributed by atoms with Crippen LogP contribution in [0.4, 0.5) is 0 Å². The van der Waals surface area contributed by atoms with Gasteiger partial charge in [0.05, 0.1) is 11.0 Å². The van der Waals surface area contributed by atoms with Crippen LogP contribution in [0.1, 0.15) is 40.4 Å². The van der Waals surface area contributed by atoms with Gasteiger partial charge in [-0.15, -0.1) is 10.2 Å². The van der Waals surface area contributed by atoms with Crippen molar-refractivity contribution in [2.24, 2.45) is 0 Å². The summed E-state index contributed by atoms with van der Waals surface area (Å²) in [5, 5.41) is 11.4. The maximum Gasteiger partial charge on any atom is 0.251 e. The van der Waals surface area contributed by atoms with Crippen LogP contribution in [0, 0.1) is 0 Å². The molecule has 0 atom stereocenters. The number of ether oxygens (including phenoxy) is 1. The zero-order valence-electron chi connectivity index (χ0n) is 15.4. The van der Waals surface area contributed by atoms with Gasteiger partial charge in [0.15, 0.2) is 5.82 Å². The van der Waals surface area contributed by atoms with Crippen molar-refractivity contribution in [2.75, 3.05) is 0 Å². The number of aromatic nitrogens is 3. The van der Waals surface area contributed by atoms with Crippen molar-refractivity contribution in [2.45, 2.75) is 39.0 Å². The second-order valence-electron chi connectivity index (χ2n) is 6.74. The molecule has 0 fully saturated rings. The molecule has 1 aliphatic heterocycles. The van der Waals surface area contributed by atoms with Crippen LogP contribution >= 0.6 is 15.9 Å². The Morgan fingerprint density at radius 2 is 1.93 bits per heavy atom. The minimum Gasteiger partial charge on any atom is -0.488 e. The van der Waals surface area contributed by atoms with E-state index >= 15 is 0 Å². The minimum absolute atomic E-state index is 0.119. The third-order valence-corrected chi connectivity index (χ3v) is 5.45. The standard InChI is InChI=1S/C21H21BrN4O2/c22-17-5-1-2-6-18(17)28-14-15-8-10-16(11-9-15)21(27)23-13-20-25-24-19-7-3-4-12-26(19)20/h1-2,5-6,8-11H,3-4,7,12-14H2,(H,23,27). The van der Waals surface area contributed by atoms with Crippen molar-refractivity contribution in [3.63, 3.8) is 0 Å². The summed E-state index contributed by atoms with van der Waals surface area (Å²) in [6.45, 7) is 1.76. The highest BCUT2D eigenvalue weighted by molar-refractivity contribution is 9.10. The lowest BCUT2D eigenvalue weighted by Gasteiger charge is -2.14. The fourth-order valence-corrected chi connectivity index (χ4v) is 3.64. The number of benzene rings is 2. The Morgan fingerprint density at radius 3 is 2.75 bits per heavy atom. The highest BCUT2D eigenvalue weighted by Crippen LogP contribution is 2.24. The number of halogens is 1. The van der Waals surface area contributed by atoms with Crippen LogP contribution in [-0.4, -0.2) is 20.7 Å². The number of aryl methyl sites for hydroxylation is 1. The lowest BCUT2D eigenvalue weighted by atomic mass is 10.1. The predicted molar refractivity (Wildman–Crippen MR) is 109 cm³/mol. The Bertz CT molecular complexity index is 969. The molecule has 1 N–H and O–H groups in total. The Hall–Kier alpha value is -2.67. The molecule has 2 heterocycles. The zero-order valence-corrected chi connectivity index (χ0v) is 17.0. The quantitative estimate of drug-likeness (QED) is 0.631. The maximum absolute atomic E-state index is 12.4. The van der Waals surface area contributed by atoms with Gasteiger partial charge in [0, 0.05) is 18.5 Å². The molecule has 0 saturated carbocycles. The average Bonchev–Trinajstić information content (AvgIpc) is 3.15. The highest BCUT2D eigenvalue weighted by Gasteiger charge is 2.16. The van der Waals surface area contributed by atoms with Crippen molar-refractivity contribution in [3.05, 3.63) is 75.8 Å². The van der Waals surface area contributed by atoms with Crippen LogP contribution in [0.15, 0.2) is 53.0 Å². The Morgan fingerprint density at radius 1 is 1.11 bits per heavy atom. The summed E-state index contributed by atoms with van der Waals surface area (Å²) < 4.78 is 8.84. The van der Waals surface area contributed by atoms with Gasteiger partial charge >= 0.3 is 0 Å². The number of fused-ring (bicyclic) bond motifs is 1. The molecule has 0 radical (unpaired) electrons. The molecule has 28 heavy (non-hydrogen) atoms. The maximum atomic E-state index is 12.4. The Kier molecular flexibility index (Phi) is 5.71. The summed E-state index contributed by atoms with van der Waals surface area (Å²) >= 11 is 3.47. The van der Waals surface area contributed by atoms with E-state index < -0.39 is 0 Å². The molecule has 3 aromatic rings. The van der Waals surface area contributed by atoms with Gasteiger partial charge in [-0.2, -0.15) is 0 Å². The van der Waals surface area contributed by atoms with Gasteiger partial charge in [-0.05, 0) is 58.6 Å². The molecule has 6 nitrogen and oxygen atoms in total.